The van der Waals surface area contributed by atoms with Gasteiger partial charge >= 0.3 is 12.0 Å². The number of halogens is 2. The molecular formula is C16H18F2N2O3S. The van der Waals surface area contributed by atoms with E-state index in [0.717, 1.165) is 22.7 Å². The van der Waals surface area contributed by atoms with Gasteiger partial charge in [-0.2, -0.15) is 8.78 Å². The van der Waals surface area contributed by atoms with Gasteiger partial charge < -0.3 is 15.4 Å². The van der Waals surface area contributed by atoms with Crippen LogP contribution in [0, 0.1) is 0 Å². The maximum atomic E-state index is 12.9. The van der Waals surface area contributed by atoms with Crippen LogP contribution in [0.4, 0.5) is 19.3 Å². The van der Waals surface area contributed by atoms with Crippen molar-refractivity contribution in [3.05, 3.63) is 29.3 Å². The molecule has 0 saturated carbocycles. The molecule has 1 aliphatic rings. The van der Waals surface area contributed by atoms with Crippen molar-refractivity contribution >= 4 is 29.3 Å². The van der Waals surface area contributed by atoms with E-state index in [-0.39, 0.29) is 0 Å². The first kappa shape index (κ1) is 18.3. The Kier molecular flexibility index (Phi) is 4.89. The van der Waals surface area contributed by atoms with Crippen molar-refractivity contribution in [2.75, 3.05) is 5.32 Å². The predicted octanol–water partition coefficient (Wildman–Crippen LogP) is 4.16. The molecule has 0 aliphatic carbocycles. The molecule has 130 valence electrons. The normalized spacial score (nSPS) is 15.7. The third kappa shape index (κ3) is 4.95. The van der Waals surface area contributed by atoms with Crippen molar-refractivity contribution in [2.24, 2.45) is 0 Å². The molecule has 1 aromatic rings. The van der Waals surface area contributed by atoms with Crippen molar-refractivity contribution in [3.63, 3.8) is 0 Å². The summed E-state index contributed by atoms with van der Waals surface area (Å²) in [5.41, 5.74) is 0.156. The molecule has 1 amide bonds. The number of allylic oxidation sites excluding steroid dienone is 1. The number of fused-ring (bicyclic) bond motifs is 1. The van der Waals surface area contributed by atoms with Crippen LogP contribution in [0.2, 0.25) is 0 Å². The van der Waals surface area contributed by atoms with Gasteiger partial charge in [-0.25, -0.2) is 4.79 Å². The molecule has 8 heteroatoms. The van der Waals surface area contributed by atoms with Crippen LogP contribution in [0.5, 0.6) is 5.75 Å². The van der Waals surface area contributed by atoms with Crippen LogP contribution in [0.1, 0.15) is 27.7 Å². The number of anilines is 1. The largest absolute Gasteiger partial charge is 0.413 e. The molecule has 1 aliphatic heterocycles. The van der Waals surface area contributed by atoms with E-state index in [1.165, 1.54) is 0 Å². The Hall–Kier alpha value is -2.09. The third-order valence-electron chi connectivity index (χ3n) is 2.81. The maximum absolute atomic E-state index is 12.9. The van der Waals surface area contributed by atoms with Gasteiger partial charge in [0.05, 0.1) is 10.7 Å². The quantitative estimate of drug-likeness (QED) is 0.796. The number of nitrogens with one attached hydrogen (secondary N) is 2. The van der Waals surface area contributed by atoms with E-state index >= 15 is 0 Å². The Morgan fingerprint density at radius 3 is 2.50 bits per heavy atom. The second-order valence-corrected chi connectivity index (χ2v) is 7.49. The van der Waals surface area contributed by atoms with Gasteiger partial charge in [0, 0.05) is 29.5 Å². The van der Waals surface area contributed by atoms with Gasteiger partial charge in [0.25, 0.3) is 0 Å². The van der Waals surface area contributed by atoms with Crippen LogP contribution >= 0.6 is 11.8 Å². The average molecular weight is 356 g/mol. The zero-order valence-electron chi connectivity index (χ0n) is 13.7. The van der Waals surface area contributed by atoms with Gasteiger partial charge in [0.2, 0.25) is 5.78 Å². The molecule has 0 aromatic heterocycles. The third-order valence-corrected chi connectivity index (χ3v) is 3.83. The number of amides is 1. The Morgan fingerprint density at radius 1 is 1.25 bits per heavy atom. The number of alkyl halides is 2. The Balaban J connectivity index is 2.08. The number of carbonyl (C=O) groups excluding carboxylic acids is 2. The predicted molar refractivity (Wildman–Crippen MR) is 88.5 cm³/mol. The Labute approximate surface area is 142 Å². The van der Waals surface area contributed by atoms with E-state index in [0.29, 0.717) is 23.4 Å². The number of rotatable bonds is 3. The van der Waals surface area contributed by atoms with E-state index in [1.807, 2.05) is 20.8 Å². The minimum Gasteiger partial charge on any atom is -0.410 e. The van der Waals surface area contributed by atoms with Gasteiger partial charge in [-0.05, 0) is 32.9 Å². The van der Waals surface area contributed by atoms with E-state index in [9.17, 15) is 18.4 Å². The fraction of sp³-hybridized carbons (Fsp3) is 0.375. The molecule has 0 saturated heterocycles. The van der Waals surface area contributed by atoms with Crippen LogP contribution in [0.15, 0.2) is 34.2 Å². The lowest BCUT2D eigenvalue weighted by molar-refractivity contribution is -0.135. The van der Waals surface area contributed by atoms with E-state index < -0.39 is 23.3 Å². The lowest BCUT2D eigenvalue weighted by Crippen LogP contribution is -2.42. The lowest BCUT2D eigenvalue weighted by Gasteiger charge is -2.19. The zero-order valence-corrected chi connectivity index (χ0v) is 14.5. The molecule has 0 fully saturated rings. The molecule has 1 heterocycles. The number of carbonyl (C=O) groups is 2. The average Bonchev–Trinajstić information content (AvgIpc) is 2.76. The van der Waals surface area contributed by atoms with Crippen LogP contribution < -0.4 is 15.4 Å². The molecule has 1 aromatic carbocycles. The van der Waals surface area contributed by atoms with Crippen LogP contribution in [0.25, 0.3) is 0 Å². The fourth-order valence-corrected chi connectivity index (χ4v) is 2.71. The summed E-state index contributed by atoms with van der Waals surface area (Å²) in [5, 5.41) is 5.82. The highest BCUT2D eigenvalue weighted by Gasteiger charge is 2.31. The molecule has 0 bridgehead atoms. The van der Waals surface area contributed by atoms with Gasteiger partial charge in [-0.1, -0.05) is 11.8 Å². The maximum Gasteiger partial charge on any atom is 0.413 e. The number of ketones is 1. The summed E-state index contributed by atoms with van der Waals surface area (Å²) < 4.78 is 31.1. The first-order valence-electron chi connectivity index (χ1n) is 7.17. The number of benzene rings is 1. The molecule has 0 radical (unpaired) electrons. The number of ether oxygens (including phenoxy) is 1. The summed E-state index contributed by atoms with van der Waals surface area (Å²) in [6.45, 7) is 6.03. The SMILES string of the molecule is CC(C)(C)NC(=O)Oc1ccc2c(c1)N/C(=C\C(=O)C(C)(F)F)S2. The number of hydrogen-bond acceptors (Lipinski definition) is 5. The highest BCUT2D eigenvalue weighted by Crippen LogP contribution is 2.42. The second kappa shape index (κ2) is 6.43. The lowest BCUT2D eigenvalue weighted by atomic mass is 10.1. The molecule has 0 spiro atoms. The molecule has 24 heavy (non-hydrogen) atoms. The van der Waals surface area contributed by atoms with Crippen molar-refractivity contribution in [2.45, 2.75) is 44.1 Å². The highest BCUT2D eigenvalue weighted by molar-refractivity contribution is 8.03. The molecule has 2 N–H and O–H groups in total. The molecule has 5 nitrogen and oxygen atoms in total. The summed E-state index contributed by atoms with van der Waals surface area (Å²) in [6, 6.07) is 4.84. The first-order valence-corrected chi connectivity index (χ1v) is 7.98. The molecular weight excluding hydrogens is 338 g/mol. The minimum absolute atomic E-state index is 0.299. The standard InChI is InChI=1S/C16H18F2N2O3S/c1-15(2,3)20-14(22)23-9-5-6-11-10(7-9)19-13(24-11)8-12(21)16(4,17)18/h5-8,19H,1-4H3,(H,20,22)/b13-8+. The molecule has 2 rings (SSSR count). The monoisotopic (exact) mass is 356 g/mol. The van der Waals surface area contributed by atoms with Crippen LogP contribution in [-0.2, 0) is 4.79 Å². The van der Waals surface area contributed by atoms with Crippen LogP contribution in [0.3, 0.4) is 0 Å². The topological polar surface area (TPSA) is 67.4 Å². The Morgan fingerprint density at radius 2 is 1.92 bits per heavy atom. The number of thioether (sulfide) groups is 1. The fourth-order valence-electron chi connectivity index (χ4n) is 1.79. The Bertz CT molecular complexity index is 706. The van der Waals surface area contributed by atoms with Crippen molar-refractivity contribution in [1.82, 2.24) is 5.32 Å². The van der Waals surface area contributed by atoms with Crippen LogP contribution in [-0.4, -0.2) is 23.3 Å². The summed E-state index contributed by atoms with van der Waals surface area (Å²) in [5.74, 6) is -4.38. The number of hydrogen-bond donors (Lipinski definition) is 2. The van der Waals surface area contributed by atoms with Crippen molar-refractivity contribution in [3.8, 4) is 5.75 Å². The van der Waals surface area contributed by atoms with Crippen molar-refractivity contribution < 1.29 is 23.1 Å². The van der Waals surface area contributed by atoms with Crippen molar-refractivity contribution in [1.29, 1.82) is 0 Å². The summed E-state index contributed by atoms with van der Waals surface area (Å²) in [4.78, 5) is 23.9. The smallest absolute Gasteiger partial charge is 0.410 e. The second-order valence-electron chi connectivity index (χ2n) is 6.41. The molecule has 0 atom stereocenters. The van der Waals surface area contributed by atoms with Gasteiger partial charge in [0.15, 0.2) is 0 Å². The minimum atomic E-state index is -3.41. The van der Waals surface area contributed by atoms with E-state index in [1.54, 1.807) is 18.2 Å². The van der Waals surface area contributed by atoms with Gasteiger partial charge in [0.1, 0.15) is 5.75 Å². The first-order chi connectivity index (χ1) is 10.9. The summed E-state index contributed by atoms with van der Waals surface area (Å²) in [7, 11) is 0. The zero-order chi connectivity index (χ0) is 18.1. The summed E-state index contributed by atoms with van der Waals surface area (Å²) >= 11 is 1.16. The van der Waals surface area contributed by atoms with Gasteiger partial charge in [-0.3, -0.25) is 4.79 Å². The molecule has 0 unspecified atom stereocenters. The van der Waals surface area contributed by atoms with E-state index in [2.05, 4.69) is 10.6 Å². The van der Waals surface area contributed by atoms with E-state index in [4.69, 9.17) is 4.74 Å². The summed E-state index contributed by atoms with van der Waals surface area (Å²) in [6.07, 6.45) is 0.280. The van der Waals surface area contributed by atoms with Gasteiger partial charge in [-0.15, -0.1) is 0 Å². The highest BCUT2D eigenvalue weighted by atomic mass is 32.2.